The highest BCUT2D eigenvalue weighted by molar-refractivity contribution is 7.86. The predicted molar refractivity (Wildman–Crippen MR) is 83.4 cm³/mol. The second kappa shape index (κ2) is 6.71. The molecule has 0 unspecified atom stereocenters. The molecule has 1 aliphatic heterocycles. The van der Waals surface area contributed by atoms with Crippen molar-refractivity contribution in [2.75, 3.05) is 41.4 Å². The van der Waals surface area contributed by atoms with Crippen LogP contribution in [-0.4, -0.2) is 31.1 Å². The van der Waals surface area contributed by atoms with Crippen LogP contribution >= 0.6 is 0 Å². The summed E-state index contributed by atoms with van der Waals surface area (Å²) in [5, 5.41) is 2.92. The molecule has 0 amide bonds. The van der Waals surface area contributed by atoms with Gasteiger partial charge in [0.2, 0.25) is 0 Å². The maximum Gasteiger partial charge on any atom is 0.148 e. The Morgan fingerprint density at radius 1 is 1.45 bits per heavy atom. The summed E-state index contributed by atoms with van der Waals surface area (Å²) in [5.74, 6) is 1.37. The normalized spacial score (nSPS) is 17.3. The molecular weight excluding hydrogens is 277 g/mol. The standard InChI is InChI=1S/C13H20FN5S/c14-12-7-11(18-9-10(16)8-15)1-2-13(12)19-3-5-20(17)6-4-19/h1-2,7,9,17-18H,3-6,8,15-16H2/b10-9-. The molecule has 0 aliphatic carbocycles. The van der Waals surface area contributed by atoms with Crippen molar-refractivity contribution < 1.29 is 4.39 Å². The zero-order valence-electron chi connectivity index (χ0n) is 11.2. The van der Waals surface area contributed by atoms with Crippen molar-refractivity contribution in [1.82, 2.24) is 0 Å². The molecule has 0 radical (unpaired) electrons. The van der Waals surface area contributed by atoms with Gasteiger partial charge in [-0.25, -0.2) is 4.39 Å². The molecule has 1 fully saturated rings. The Kier molecular flexibility index (Phi) is 4.97. The lowest BCUT2D eigenvalue weighted by atomic mass is 10.2. The second-order valence-electron chi connectivity index (χ2n) is 4.62. The first-order chi connectivity index (χ1) is 9.60. The van der Waals surface area contributed by atoms with E-state index < -0.39 is 0 Å². The number of halogens is 1. The lowest BCUT2D eigenvalue weighted by Gasteiger charge is -2.30. The van der Waals surface area contributed by atoms with Crippen LogP contribution in [0.1, 0.15) is 0 Å². The summed E-state index contributed by atoms with van der Waals surface area (Å²) < 4.78 is 21.8. The van der Waals surface area contributed by atoms with Crippen LogP contribution in [0, 0.1) is 10.6 Å². The smallest absolute Gasteiger partial charge is 0.148 e. The summed E-state index contributed by atoms with van der Waals surface area (Å²) in [5.41, 5.74) is 12.7. The highest BCUT2D eigenvalue weighted by Gasteiger charge is 2.16. The largest absolute Gasteiger partial charge is 0.400 e. The molecule has 2 rings (SSSR count). The summed E-state index contributed by atoms with van der Waals surface area (Å²) in [6.07, 6.45) is 1.57. The van der Waals surface area contributed by atoms with Crippen molar-refractivity contribution in [3.63, 3.8) is 0 Å². The molecule has 1 heterocycles. The quantitative estimate of drug-likeness (QED) is 0.672. The average Bonchev–Trinajstić information content (AvgIpc) is 2.46. The molecule has 1 aromatic rings. The molecule has 20 heavy (non-hydrogen) atoms. The monoisotopic (exact) mass is 297 g/mol. The number of hydrogen-bond donors (Lipinski definition) is 4. The molecule has 0 spiro atoms. The topological polar surface area (TPSA) is 91.2 Å². The van der Waals surface area contributed by atoms with Gasteiger partial charge in [-0.15, -0.1) is 10.7 Å². The molecule has 0 atom stereocenters. The van der Waals surface area contributed by atoms with Gasteiger partial charge in [-0.2, -0.15) is 0 Å². The van der Waals surface area contributed by atoms with Crippen LogP contribution in [0.4, 0.5) is 15.8 Å². The Morgan fingerprint density at radius 2 is 2.15 bits per heavy atom. The Bertz CT molecular complexity index is 521. The summed E-state index contributed by atoms with van der Waals surface area (Å²) in [6, 6.07) is 5.02. The maximum absolute atomic E-state index is 14.1. The lowest BCUT2D eigenvalue weighted by Crippen LogP contribution is -2.37. The summed E-state index contributed by atoms with van der Waals surface area (Å²) in [4.78, 5) is 2.00. The van der Waals surface area contributed by atoms with Gasteiger partial charge in [0.25, 0.3) is 0 Å². The van der Waals surface area contributed by atoms with E-state index in [2.05, 4.69) is 5.32 Å². The molecule has 110 valence electrons. The van der Waals surface area contributed by atoms with Crippen LogP contribution in [-0.2, 0) is 10.7 Å². The fourth-order valence-electron chi connectivity index (χ4n) is 1.98. The molecule has 0 aromatic heterocycles. The lowest BCUT2D eigenvalue weighted by molar-refractivity contribution is 0.620. The Balaban J connectivity index is 2.08. The van der Waals surface area contributed by atoms with E-state index in [-0.39, 0.29) is 23.1 Å². The highest BCUT2D eigenvalue weighted by Crippen LogP contribution is 2.24. The van der Waals surface area contributed by atoms with Crippen molar-refractivity contribution in [3.05, 3.63) is 35.9 Å². The van der Waals surface area contributed by atoms with Crippen LogP contribution in [0.3, 0.4) is 0 Å². The number of hydrogen-bond acceptors (Lipinski definition) is 5. The van der Waals surface area contributed by atoms with Gasteiger partial charge in [-0.1, -0.05) is 0 Å². The van der Waals surface area contributed by atoms with Gasteiger partial charge < -0.3 is 21.7 Å². The predicted octanol–water partition coefficient (Wildman–Crippen LogP) is 1.20. The number of benzene rings is 1. The van der Waals surface area contributed by atoms with Gasteiger partial charge in [0.1, 0.15) is 5.82 Å². The van der Waals surface area contributed by atoms with E-state index in [1.807, 2.05) is 11.0 Å². The van der Waals surface area contributed by atoms with Gasteiger partial charge in [-0.3, -0.25) is 4.78 Å². The minimum absolute atomic E-state index is 0.260. The van der Waals surface area contributed by atoms with Gasteiger partial charge in [0, 0.05) is 48.7 Å². The summed E-state index contributed by atoms with van der Waals surface area (Å²) in [6.45, 7) is 1.75. The van der Waals surface area contributed by atoms with Gasteiger partial charge in [-0.05, 0) is 18.2 Å². The van der Waals surface area contributed by atoms with Crippen LogP contribution in [0.15, 0.2) is 30.1 Å². The van der Waals surface area contributed by atoms with Crippen LogP contribution in [0.2, 0.25) is 0 Å². The maximum atomic E-state index is 14.1. The number of nitrogens with one attached hydrogen (secondary N) is 2. The molecule has 5 nitrogen and oxygen atoms in total. The van der Waals surface area contributed by atoms with Gasteiger partial charge >= 0.3 is 0 Å². The second-order valence-corrected chi connectivity index (χ2v) is 6.42. The summed E-state index contributed by atoms with van der Waals surface area (Å²) >= 11 is 0. The fraction of sp³-hybridized carbons (Fsp3) is 0.385. The SMILES string of the molecule is N=S1CCN(c2ccc(N/C=C(\N)CN)cc2F)CC1. The van der Waals surface area contributed by atoms with Crippen LogP contribution in [0.5, 0.6) is 0 Å². The minimum Gasteiger partial charge on any atom is -0.400 e. The molecule has 1 aliphatic rings. The number of rotatable bonds is 4. The first-order valence-corrected chi connectivity index (χ1v) is 8.01. The van der Waals surface area contributed by atoms with E-state index in [0.29, 0.717) is 17.1 Å². The van der Waals surface area contributed by atoms with E-state index in [0.717, 1.165) is 24.6 Å². The Hall–Kier alpha value is -1.60. The first kappa shape index (κ1) is 14.8. The first-order valence-electron chi connectivity index (χ1n) is 6.44. The molecule has 0 saturated carbocycles. The van der Waals surface area contributed by atoms with E-state index in [4.69, 9.17) is 16.2 Å². The van der Waals surface area contributed by atoms with Crippen LogP contribution in [0.25, 0.3) is 0 Å². The highest BCUT2D eigenvalue weighted by atomic mass is 32.2. The Morgan fingerprint density at radius 3 is 2.75 bits per heavy atom. The Labute approximate surface area is 120 Å². The van der Waals surface area contributed by atoms with Crippen molar-refractivity contribution >= 4 is 22.1 Å². The van der Waals surface area contributed by atoms with E-state index >= 15 is 0 Å². The number of anilines is 2. The van der Waals surface area contributed by atoms with Gasteiger partial charge in [0.05, 0.1) is 5.69 Å². The molecular formula is C13H20FN5S. The van der Waals surface area contributed by atoms with Crippen molar-refractivity contribution in [3.8, 4) is 0 Å². The van der Waals surface area contributed by atoms with E-state index in [1.165, 1.54) is 6.07 Å². The molecule has 1 aromatic carbocycles. The van der Waals surface area contributed by atoms with Crippen LogP contribution < -0.4 is 21.7 Å². The number of nitrogens with zero attached hydrogens (tertiary/aromatic N) is 1. The molecule has 6 N–H and O–H groups in total. The minimum atomic E-state index is -0.265. The molecule has 1 saturated heterocycles. The third-order valence-corrected chi connectivity index (χ3v) is 4.51. The number of nitrogens with two attached hydrogens (primary N) is 2. The molecule has 0 bridgehead atoms. The zero-order valence-corrected chi connectivity index (χ0v) is 12.0. The third kappa shape index (κ3) is 3.71. The van der Waals surface area contributed by atoms with E-state index in [9.17, 15) is 4.39 Å². The van der Waals surface area contributed by atoms with Crippen molar-refractivity contribution in [2.24, 2.45) is 11.5 Å². The molecule has 7 heteroatoms. The van der Waals surface area contributed by atoms with Gasteiger partial charge in [0.15, 0.2) is 0 Å². The van der Waals surface area contributed by atoms with Crippen molar-refractivity contribution in [2.45, 2.75) is 0 Å². The van der Waals surface area contributed by atoms with Crippen molar-refractivity contribution in [1.29, 1.82) is 4.78 Å². The average molecular weight is 297 g/mol. The van der Waals surface area contributed by atoms with E-state index in [1.54, 1.807) is 12.3 Å². The third-order valence-electron chi connectivity index (χ3n) is 3.16. The zero-order chi connectivity index (χ0) is 14.5. The fourth-order valence-corrected chi connectivity index (χ4v) is 3.07. The summed E-state index contributed by atoms with van der Waals surface area (Å²) in [7, 11) is -0.265.